The zero-order chi connectivity index (χ0) is 27.9. The highest BCUT2D eigenvalue weighted by molar-refractivity contribution is 5.85. The van der Waals surface area contributed by atoms with E-state index in [0.717, 1.165) is 5.56 Å². The van der Waals surface area contributed by atoms with Crippen molar-refractivity contribution in [3.8, 4) is 0 Å². The molecule has 0 aliphatic heterocycles. The Balaban J connectivity index is 2.44. The summed E-state index contributed by atoms with van der Waals surface area (Å²) in [6.45, 7) is 11.3. The van der Waals surface area contributed by atoms with Gasteiger partial charge < -0.3 is 35.5 Å². The van der Waals surface area contributed by atoms with Crippen molar-refractivity contribution in [2.24, 2.45) is 0 Å². The van der Waals surface area contributed by atoms with Crippen LogP contribution in [0.5, 0.6) is 0 Å². The minimum absolute atomic E-state index is 0.143. The van der Waals surface area contributed by atoms with Gasteiger partial charge in [-0.05, 0) is 66.4 Å². The van der Waals surface area contributed by atoms with Gasteiger partial charge in [-0.2, -0.15) is 0 Å². The Kier molecular flexibility index (Phi) is 13.3. The molecular weight excluding hydrogens is 480 g/mol. The van der Waals surface area contributed by atoms with E-state index in [2.05, 4.69) is 21.3 Å². The predicted molar refractivity (Wildman–Crippen MR) is 139 cm³/mol. The van der Waals surface area contributed by atoms with Crippen molar-refractivity contribution in [3.05, 3.63) is 35.9 Å². The molecule has 0 radical (unpaired) electrons. The molecule has 208 valence electrons. The first-order chi connectivity index (χ1) is 17.2. The lowest BCUT2D eigenvalue weighted by Gasteiger charge is -2.23. The molecule has 4 amide bonds. The molecule has 37 heavy (non-hydrogen) atoms. The Hall–Kier alpha value is -3.50. The van der Waals surface area contributed by atoms with Gasteiger partial charge in [0.15, 0.2) is 0 Å². The molecule has 0 saturated heterocycles. The third-order valence-electron chi connectivity index (χ3n) is 4.50. The Morgan fingerprint density at radius 1 is 0.730 bits per heavy atom. The van der Waals surface area contributed by atoms with Crippen LogP contribution < -0.4 is 21.3 Å². The molecule has 0 aliphatic carbocycles. The number of hydrogen-bond donors (Lipinski definition) is 4. The first-order valence-electron chi connectivity index (χ1n) is 12.4. The van der Waals surface area contributed by atoms with E-state index in [1.165, 1.54) is 0 Å². The molecule has 11 heteroatoms. The van der Waals surface area contributed by atoms with Gasteiger partial charge in [-0.15, -0.1) is 0 Å². The summed E-state index contributed by atoms with van der Waals surface area (Å²) in [7, 11) is 0. The highest BCUT2D eigenvalue weighted by Crippen LogP contribution is 2.09. The fraction of sp³-hybridized carbons (Fsp3) is 0.615. The van der Waals surface area contributed by atoms with Gasteiger partial charge in [0.1, 0.15) is 23.9 Å². The largest absolute Gasteiger partial charge is 0.445 e. The molecule has 1 aromatic carbocycles. The monoisotopic (exact) mass is 522 g/mol. The van der Waals surface area contributed by atoms with Crippen molar-refractivity contribution in [2.75, 3.05) is 19.6 Å². The van der Waals surface area contributed by atoms with Crippen molar-refractivity contribution in [3.63, 3.8) is 0 Å². The second kappa shape index (κ2) is 15.6. The SMILES string of the molecule is CC(C)(C)OC(=O)NCCCC[C@H](NC(=O)OC(C)(C)C)C(=O)NCCNC(=O)OCc1ccccc1. The Bertz CT molecular complexity index is 864. The smallest absolute Gasteiger partial charge is 0.408 e. The maximum absolute atomic E-state index is 12.7. The Morgan fingerprint density at radius 2 is 1.30 bits per heavy atom. The molecule has 0 unspecified atom stereocenters. The molecule has 1 rings (SSSR count). The average molecular weight is 523 g/mol. The van der Waals surface area contributed by atoms with E-state index in [1.54, 1.807) is 41.5 Å². The van der Waals surface area contributed by atoms with Crippen molar-refractivity contribution in [2.45, 2.75) is 84.7 Å². The molecule has 0 fully saturated rings. The number of carbonyl (C=O) groups is 4. The van der Waals surface area contributed by atoms with Gasteiger partial charge >= 0.3 is 18.3 Å². The van der Waals surface area contributed by atoms with Gasteiger partial charge in [0.05, 0.1) is 0 Å². The van der Waals surface area contributed by atoms with Crippen molar-refractivity contribution in [1.29, 1.82) is 0 Å². The van der Waals surface area contributed by atoms with E-state index < -0.39 is 41.4 Å². The van der Waals surface area contributed by atoms with E-state index >= 15 is 0 Å². The van der Waals surface area contributed by atoms with Crippen LogP contribution >= 0.6 is 0 Å². The number of ether oxygens (including phenoxy) is 3. The molecular formula is C26H42N4O7. The molecule has 0 aliphatic rings. The normalized spacial score (nSPS) is 12.1. The average Bonchev–Trinajstić information content (AvgIpc) is 2.77. The second-order valence-electron chi connectivity index (χ2n) is 10.4. The number of hydrogen-bond acceptors (Lipinski definition) is 7. The number of carbonyl (C=O) groups excluding carboxylic acids is 4. The van der Waals surface area contributed by atoms with Crippen LogP contribution in [0.25, 0.3) is 0 Å². The third-order valence-corrected chi connectivity index (χ3v) is 4.50. The maximum atomic E-state index is 12.7. The quantitative estimate of drug-likeness (QED) is 0.242. The highest BCUT2D eigenvalue weighted by Gasteiger charge is 2.24. The lowest BCUT2D eigenvalue weighted by atomic mass is 10.1. The zero-order valence-electron chi connectivity index (χ0n) is 22.8. The van der Waals surface area contributed by atoms with Gasteiger partial charge in [-0.25, -0.2) is 14.4 Å². The van der Waals surface area contributed by atoms with Crippen LogP contribution in [0.1, 0.15) is 66.4 Å². The standard InChI is InChI=1S/C26H42N4O7/c1-25(2,3)36-23(33)28-15-11-10-14-20(30-24(34)37-26(4,5)6)21(31)27-16-17-29-22(32)35-18-19-12-8-7-9-13-19/h7-9,12-13,20H,10-11,14-18H2,1-6H3,(H,27,31)(H,28,33)(H,29,32)(H,30,34)/t20-/m0/s1. The molecule has 1 atom stereocenters. The molecule has 4 N–H and O–H groups in total. The van der Waals surface area contributed by atoms with Crippen LogP contribution in [0.2, 0.25) is 0 Å². The van der Waals surface area contributed by atoms with Gasteiger partial charge in [0, 0.05) is 19.6 Å². The van der Waals surface area contributed by atoms with Crippen molar-refractivity contribution in [1.82, 2.24) is 21.3 Å². The summed E-state index contributed by atoms with van der Waals surface area (Å²) in [6, 6.07) is 8.42. The van der Waals surface area contributed by atoms with E-state index in [-0.39, 0.29) is 19.7 Å². The van der Waals surface area contributed by atoms with Crippen LogP contribution in [-0.4, -0.2) is 61.1 Å². The number of unbranched alkanes of at least 4 members (excludes halogenated alkanes) is 1. The van der Waals surface area contributed by atoms with Crippen LogP contribution in [0.15, 0.2) is 30.3 Å². The summed E-state index contributed by atoms with van der Waals surface area (Å²) in [5, 5.41) is 10.5. The summed E-state index contributed by atoms with van der Waals surface area (Å²) in [6.07, 6.45) is -0.362. The second-order valence-corrected chi connectivity index (χ2v) is 10.4. The first-order valence-corrected chi connectivity index (χ1v) is 12.4. The van der Waals surface area contributed by atoms with E-state index in [9.17, 15) is 19.2 Å². The van der Waals surface area contributed by atoms with Crippen LogP contribution in [-0.2, 0) is 25.6 Å². The zero-order valence-corrected chi connectivity index (χ0v) is 22.8. The number of benzene rings is 1. The first kappa shape index (κ1) is 31.5. The van der Waals surface area contributed by atoms with Crippen LogP contribution in [0.3, 0.4) is 0 Å². The molecule has 0 aromatic heterocycles. The van der Waals surface area contributed by atoms with Crippen molar-refractivity contribution >= 4 is 24.2 Å². The van der Waals surface area contributed by atoms with Gasteiger partial charge in [-0.1, -0.05) is 30.3 Å². The van der Waals surface area contributed by atoms with E-state index in [1.807, 2.05) is 30.3 Å². The Morgan fingerprint density at radius 3 is 1.92 bits per heavy atom. The molecule has 0 bridgehead atoms. The lowest BCUT2D eigenvalue weighted by molar-refractivity contribution is -0.123. The molecule has 11 nitrogen and oxygen atoms in total. The fourth-order valence-electron chi connectivity index (χ4n) is 2.94. The lowest BCUT2D eigenvalue weighted by Crippen LogP contribution is -2.49. The number of alkyl carbamates (subject to hydrolysis) is 3. The van der Waals surface area contributed by atoms with Crippen molar-refractivity contribution < 1.29 is 33.4 Å². The molecule has 0 spiro atoms. The molecule has 0 saturated carbocycles. The minimum Gasteiger partial charge on any atom is -0.445 e. The Labute approximate surface area is 219 Å². The van der Waals surface area contributed by atoms with Gasteiger partial charge in [0.2, 0.25) is 5.91 Å². The summed E-state index contributed by atoms with van der Waals surface area (Å²) in [5.41, 5.74) is -0.437. The predicted octanol–water partition coefficient (Wildman–Crippen LogP) is 3.62. The summed E-state index contributed by atoms with van der Waals surface area (Å²) in [5.74, 6) is -0.412. The topological polar surface area (TPSA) is 144 Å². The number of nitrogens with one attached hydrogen (secondary N) is 4. The van der Waals surface area contributed by atoms with Crippen LogP contribution in [0, 0.1) is 0 Å². The summed E-state index contributed by atoms with van der Waals surface area (Å²) in [4.78, 5) is 48.5. The molecule has 0 heterocycles. The van der Waals surface area contributed by atoms with Gasteiger partial charge in [0.25, 0.3) is 0 Å². The number of rotatable bonds is 12. The van der Waals surface area contributed by atoms with Gasteiger partial charge in [-0.3, -0.25) is 4.79 Å². The van der Waals surface area contributed by atoms with E-state index in [0.29, 0.717) is 25.8 Å². The van der Waals surface area contributed by atoms with E-state index in [4.69, 9.17) is 14.2 Å². The van der Waals surface area contributed by atoms with Crippen LogP contribution in [0.4, 0.5) is 14.4 Å². The summed E-state index contributed by atoms with van der Waals surface area (Å²) < 4.78 is 15.6. The summed E-state index contributed by atoms with van der Waals surface area (Å²) >= 11 is 0. The molecule has 1 aromatic rings. The minimum atomic E-state index is -0.846. The third kappa shape index (κ3) is 16.7. The maximum Gasteiger partial charge on any atom is 0.408 e. The highest BCUT2D eigenvalue weighted by atomic mass is 16.6. The number of amides is 4. The fourth-order valence-corrected chi connectivity index (χ4v) is 2.94.